The van der Waals surface area contributed by atoms with E-state index in [2.05, 4.69) is 4.72 Å². The minimum absolute atomic E-state index is 0.119. The molecule has 6 heteroatoms. The third-order valence-corrected chi connectivity index (χ3v) is 6.11. The van der Waals surface area contributed by atoms with Gasteiger partial charge in [0.05, 0.1) is 16.7 Å². The largest absolute Gasteiger partial charge is 0.491 e. The molecular weight excluding hydrogens is 350 g/mol. The number of aryl methyl sites for hydroxylation is 3. The van der Waals surface area contributed by atoms with Gasteiger partial charge in [-0.05, 0) is 56.9 Å². The molecule has 0 saturated carbocycles. The van der Waals surface area contributed by atoms with Crippen molar-refractivity contribution >= 4 is 15.7 Å². The van der Waals surface area contributed by atoms with Crippen LogP contribution in [0.3, 0.4) is 0 Å². The molecule has 0 unspecified atom stereocenters. The van der Waals surface area contributed by atoms with Crippen LogP contribution in [0.4, 0.5) is 5.69 Å². The number of sulfonamides is 1. The molecule has 0 aliphatic carbocycles. The van der Waals surface area contributed by atoms with Gasteiger partial charge in [0, 0.05) is 12.7 Å². The summed E-state index contributed by atoms with van der Waals surface area (Å²) >= 11 is 0. The molecule has 26 heavy (non-hydrogen) atoms. The molecule has 1 N–H and O–H groups in total. The van der Waals surface area contributed by atoms with Gasteiger partial charge in [0.1, 0.15) is 12.4 Å². The Balaban J connectivity index is 1.76. The van der Waals surface area contributed by atoms with Crippen LogP contribution < -0.4 is 9.46 Å². The summed E-state index contributed by atoms with van der Waals surface area (Å²) in [4.78, 5) is 0.328. The van der Waals surface area contributed by atoms with Crippen molar-refractivity contribution in [3.63, 3.8) is 0 Å². The van der Waals surface area contributed by atoms with E-state index in [-0.39, 0.29) is 6.10 Å². The molecule has 140 valence electrons. The zero-order chi connectivity index (χ0) is 18.7. The third-order valence-electron chi connectivity index (χ3n) is 4.42. The predicted molar refractivity (Wildman–Crippen MR) is 102 cm³/mol. The first kappa shape index (κ1) is 18.7. The summed E-state index contributed by atoms with van der Waals surface area (Å²) in [6.45, 7) is 6.85. The highest BCUT2D eigenvalue weighted by atomic mass is 32.2. The van der Waals surface area contributed by atoms with Crippen LogP contribution in [0.1, 0.15) is 29.5 Å². The summed E-state index contributed by atoms with van der Waals surface area (Å²) in [5.74, 6) is 0.623. The highest BCUT2D eigenvalue weighted by molar-refractivity contribution is 7.92. The van der Waals surface area contributed by atoms with Gasteiger partial charge in [-0.3, -0.25) is 4.72 Å². The summed E-state index contributed by atoms with van der Waals surface area (Å²) in [6.07, 6.45) is 2.18. The number of nitrogens with one attached hydrogen (secondary N) is 1. The van der Waals surface area contributed by atoms with E-state index >= 15 is 0 Å². The van der Waals surface area contributed by atoms with E-state index in [0.29, 0.717) is 22.9 Å². The van der Waals surface area contributed by atoms with Gasteiger partial charge in [-0.15, -0.1) is 0 Å². The van der Waals surface area contributed by atoms with Crippen LogP contribution in [0.2, 0.25) is 0 Å². The summed E-state index contributed by atoms with van der Waals surface area (Å²) in [5.41, 5.74) is 3.00. The van der Waals surface area contributed by atoms with Crippen molar-refractivity contribution < 1.29 is 17.9 Å². The fraction of sp³-hybridized carbons (Fsp3) is 0.400. The van der Waals surface area contributed by atoms with E-state index in [1.54, 1.807) is 18.2 Å². The van der Waals surface area contributed by atoms with Crippen molar-refractivity contribution in [2.24, 2.45) is 0 Å². The van der Waals surface area contributed by atoms with E-state index < -0.39 is 10.0 Å². The van der Waals surface area contributed by atoms with E-state index in [9.17, 15) is 8.42 Å². The van der Waals surface area contributed by atoms with Crippen LogP contribution in [-0.4, -0.2) is 27.7 Å². The van der Waals surface area contributed by atoms with E-state index in [1.807, 2.05) is 39.0 Å². The fourth-order valence-electron chi connectivity index (χ4n) is 3.41. The second-order valence-corrected chi connectivity index (χ2v) is 8.43. The maximum Gasteiger partial charge on any atom is 0.262 e. The minimum Gasteiger partial charge on any atom is -0.491 e. The highest BCUT2D eigenvalue weighted by Gasteiger charge is 2.20. The van der Waals surface area contributed by atoms with Crippen molar-refractivity contribution in [1.82, 2.24) is 0 Å². The van der Waals surface area contributed by atoms with Gasteiger partial charge in [-0.25, -0.2) is 8.42 Å². The quantitative estimate of drug-likeness (QED) is 0.830. The van der Waals surface area contributed by atoms with Crippen LogP contribution in [-0.2, 0) is 14.8 Å². The molecule has 2 aromatic carbocycles. The molecule has 5 nitrogen and oxygen atoms in total. The molecule has 1 fully saturated rings. The first-order chi connectivity index (χ1) is 12.3. The molecule has 1 heterocycles. The van der Waals surface area contributed by atoms with Gasteiger partial charge in [-0.2, -0.15) is 0 Å². The second kappa shape index (κ2) is 7.68. The highest BCUT2D eigenvalue weighted by Crippen LogP contribution is 2.26. The lowest BCUT2D eigenvalue weighted by atomic mass is 10.1. The zero-order valence-corrected chi connectivity index (χ0v) is 16.2. The van der Waals surface area contributed by atoms with Gasteiger partial charge in [0.25, 0.3) is 10.0 Å². The number of benzene rings is 2. The molecule has 1 atom stereocenters. The van der Waals surface area contributed by atoms with Gasteiger partial charge < -0.3 is 9.47 Å². The molecule has 3 rings (SSSR count). The first-order valence-electron chi connectivity index (χ1n) is 8.80. The molecule has 0 aromatic heterocycles. The van der Waals surface area contributed by atoms with Crippen LogP contribution in [0, 0.1) is 20.8 Å². The Morgan fingerprint density at radius 2 is 1.88 bits per heavy atom. The Bertz CT molecular complexity index is 863. The second-order valence-electron chi connectivity index (χ2n) is 6.81. The monoisotopic (exact) mass is 375 g/mol. The summed E-state index contributed by atoms with van der Waals surface area (Å²) in [6, 6.07) is 10.8. The Kier molecular flexibility index (Phi) is 5.53. The van der Waals surface area contributed by atoms with Crippen molar-refractivity contribution in [2.45, 2.75) is 44.6 Å². The lowest BCUT2D eigenvalue weighted by molar-refractivity contribution is 0.0680. The Hall–Kier alpha value is -2.05. The lowest BCUT2D eigenvalue weighted by Gasteiger charge is -2.15. The van der Waals surface area contributed by atoms with Gasteiger partial charge in [0.2, 0.25) is 0 Å². The van der Waals surface area contributed by atoms with Crippen LogP contribution in [0.15, 0.2) is 41.3 Å². The van der Waals surface area contributed by atoms with Crippen LogP contribution in [0.5, 0.6) is 5.75 Å². The maximum absolute atomic E-state index is 12.9. The maximum atomic E-state index is 12.9. The molecule has 1 aliphatic rings. The molecular formula is C20H25NO4S. The Morgan fingerprint density at radius 1 is 1.15 bits per heavy atom. The number of hydrogen-bond acceptors (Lipinski definition) is 4. The Morgan fingerprint density at radius 3 is 2.54 bits per heavy atom. The molecule has 0 radical (unpaired) electrons. The van der Waals surface area contributed by atoms with Crippen LogP contribution >= 0.6 is 0 Å². The average molecular weight is 375 g/mol. The van der Waals surface area contributed by atoms with Crippen molar-refractivity contribution in [3.05, 3.63) is 53.1 Å². The summed E-state index contributed by atoms with van der Waals surface area (Å²) in [5, 5.41) is 0. The van der Waals surface area contributed by atoms with Gasteiger partial charge >= 0.3 is 0 Å². The average Bonchev–Trinajstić information content (AvgIpc) is 3.05. The zero-order valence-electron chi connectivity index (χ0n) is 15.4. The number of rotatable bonds is 6. The Labute approximate surface area is 155 Å². The van der Waals surface area contributed by atoms with Crippen LogP contribution in [0.25, 0.3) is 0 Å². The third kappa shape index (κ3) is 4.37. The molecule has 0 amide bonds. The number of ether oxygens (including phenoxy) is 2. The van der Waals surface area contributed by atoms with E-state index in [1.165, 1.54) is 0 Å². The normalized spacial score (nSPS) is 17.3. The summed E-state index contributed by atoms with van der Waals surface area (Å²) in [7, 11) is -3.67. The van der Waals surface area contributed by atoms with E-state index in [4.69, 9.17) is 9.47 Å². The van der Waals surface area contributed by atoms with Crippen molar-refractivity contribution in [3.8, 4) is 5.75 Å². The molecule has 2 aromatic rings. The molecule has 0 spiro atoms. The van der Waals surface area contributed by atoms with Gasteiger partial charge in [-0.1, -0.05) is 23.8 Å². The minimum atomic E-state index is -3.67. The number of hydrogen-bond donors (Lipinski definition) is 1. The standard InChI is InChI=1S/C20H25NO4S/c1-14-10-15(2)20(16(3)11-14)26(22,23)21-17-6-4-7-18(12-17)25-13-19-8-5-9-24-19/h4,6-7,10-12,19,21H,5,8-9,13H2,1-3H3/t19-/m0/s1. The molecule has 0 bridgehead atoms. The molecule has 1 aliphatic heterocycles. The first-order valence-corrected chi connectivity index (χ1v) is 10.3. The molecule has 1 saturated heterocycles. The predicted octanol–water partition coefficient (Wildman–Crippen LogP) is 3.97. The summed E-state index contributed by atoms with van der Waals surface area (Å²) < 4.78 is 39.7. The SMILES string of the molecule is Cc1cc(C)c(S(=O)(=O)Nc2cccc(OC[C@@H]3CCCO3)c2)c(C)c1. The lowest BCUT2D eigenvalue weighted by Crippen LogP contribution is -2.17. The van der Waals surface area contributed by atoms with Gasteiger partial charge in [0.15, 0.2) is 0 Å². The van der Waals surface area contributed by atoms with Crippen molar-refractivity contribution in [1.29, 1.82) is 0 Å². The van der Waals surface area contributed by atoms with E-state index in [0.717, 1.165) is 36.1 Å². The fourth-order valence-corrected chi connectivity index (χ4v) is 4.92. The topological polar surface area (TPSA) is 64.6 Å². The number of anilines is 1. The smallest absolute Gasteiger partial charge is 0.262 e. The van der Waals surface area contributed by atoms with Crippen molar-refractivity contribution in [2.75, 3.05) is 17.9 Å².